The zero-order valence-corrected chi connectivity index (χ0v) is 11.0. The lowest BCUT2D eigenvalue weighted by Gasteiger charge is -2.24. The van der Waals surface area contributed by atoms with Crippen LogP contribution in [0.2, 0.25) is 0 Å². The summed E-state index contributed by atoms with van der Waals surface area (Å²) >= 11 is 0. The van der Waals surface area contributed by atoms with Gasteiger partial charge in [0, 0.05) is 29.5 Å². The fourth-order valence-corrected chi connectivity index (χ4v) is 2.96. The molecule has 6 nitrogen and oxygen atoms in total. The minimum atomic E-state index is -0.610. The molecule has 0 unspecified atom stereocenters. The van der Waals surface area contributed by atoms with Gasteiger partial charge in [0.15, 0.2) is 0 Å². The monoisotopic (exact) mass is 264 g/mol. The molecule has 0 amide bonds. The van der Waals surface area contributed by atoms with Gasteiger partial charge in [0.25, 0.3) is 0 Å². The lowest BCUT2D eigenvalue weighted by Crippen LogP contribution is -2.30. The van der Waals surface area contributed by atoms with Crippen molar-refractivity contribution >= 4 is 5.69 Å². The normalized spacial score (nSPS) is 16.6. The maximum Gasteiger partial charge on any atom is 0.318 e. The highest BCUT2D eigenvalue weighted by Gasteiger charge is 2.40. The van der Waals surface area contributed by atoms with Gasteiger partial charge in [0.2, 0.25) is 5.75 Å². The van der Waals surface area contributed by atoms with Gasteiger partial charge in [-0.3, -0.25) is 10.1 Å². The van der Waals surface area contributed by atoms with Crippen LogP contribution in [0.25, 0.3) is 0 Å². The molecule has 2 aliphatic rings. The molecule has 2 aliphatic heterocycles. The van der Waals surface area contributed by atoms with Crippen LogP contribution in [0.5, 0.6) is 11.5 Å². The van der Waals surface area contributed by atoms with Gasteiger partial charge >= 0.3 is 5.69 Å². The number of hydrogen-bond acceptors (Lipinski definition) is 5. The first-order chi connectivity index (χ1) is 8.91. The molecule has 0 bridgehead atoms. The zero-order chi connectivity index (χ0) is 13.8. The molecule has 0 saturated heterocycles. The predicted molar refractivity (Wildman–Crippen MR) is 68.7 cm³/mol. The lowest BCUT2D eigenvalue weighted by atomic mass is 9.86. The summed E-state index contributed by atoms with van der Waals surface area (Å²) < 4.78 is 11.1. The fourth-order valence-electron chi connectivity index (χ4n) is 2.96. The Kier molecular flexibility index (Phi) is 2.47. The van der Waals surface area contributed by atoms with Gasteiger partial charge < -0.3 is 15.2 Å². The molecule has 3 rings (SSSR count). The van der Waals surface area contributed by atoms with Gasteiger partial charge in [-0.25, -0.2) is 0 Å². The molecule has 1 aromatic rings. The van der Waals surface area contributed by atoms with Crippen LogP contribution < -0.4 is 15.2 Å². The second-order valence-electron chi connectivity index (χ2n) is 5.51. The van der Waals surface area contributed by atoms with Crippen molar-refractivity contribution in [2.45, 2.75) is 32.2 Å². The molecule has 2 N–H and O–H groups in total. The van der Waals surface area contributed by atoms with E-state index in [9.17, 15) is 10.1 Å². The maximum atomic E-state index is 11.3. The lowest BCUT2D eigenvalue weighted by molar-refractivity contribution is -0.386. The smallest absolute Gasteiger partial charge is 0.318 e. The summed E-state index contributed by atoms with van der Waals surface area (Å²) in [5, 5.41) is 11.3. The van der Waals surface area contributed by atoms with Crippen LogP contribution in [0.1, 0.15) is 30.5 Å². The second kappa shape index (κ2) is 3.84. The van der Waals surface area contributed by atoms with Crippen LogP contribution >= 0.6 is 0 Å². The summed E-state index contributed by atoms with van der Waals surface area (Å²) in [7, 11) is 0. The van der Waals surface area contributed by atoms with Crippen molar-refractivity contribution in [3.63, 3.8) is 0 Å². The Morgan fingerprint density at radius 2 is 1.74 bits per heavy atom. The summed E-state index contributed by atoms with van der Waals surface area (Å²) in [6, 6.07) is 0. The van der Waals surface area contributed by atoms with Crippen molar-refractivity contribution in [1.29, 1.82) is 0 Å². The number of rotatable bonds is 2. The average Bonchev–Trinajstić information content (AvgIpc) is 2.89. The highest BCUT2D eigenvalue weighted by molar-refractivity contribution is 5.70. The van der Waals surface area contributed by atoms with Gasteiger partial charge in [-0.1, -0.05) is 0 Å². The number of ether oxygens (including phenoxy) is 2. The molecule has 0 saturated carbocycles. The van der Waals surface area contributed by atoms with E-state index in [1.165, 1.54) is 0 Å². The predicted octanol–water partition coefficient (Wildman–Crippen LogP) is 1.66. The third-order valence-electron chi connectivity index (χ3n) is 3.60. The molecular weight excluding hydrogens is 248 g/mol. The van der Waals surface area contributed by atoms with Crippen LogP contribution in [0.15, 0.2) is 0 Å². The number of nitrogens with zero attached hydrogens (tertiary/aromatic N) is 1. The van der Waals surface area contributed by atoms with E-state index in [0.29, 0.717) is 43.1 Å². The van der Waals surface area contributed by atoms with Gasteiger partial charge in [0.1, 0.15) is 5.75 Å². The Morgan fingerprint density at radius 3 is 2.32 bits per heavy atom. The van der Waals surface area contributed by atoms with Crippen LogP contribution in [0, 0.1) is 10.1 Å². The summed E-state index contributed by atoms with van der Waals surface area (Å²) in [6.07, 6.45) is 1.17. The van der Waals surface area contributed by atoms with E-state index in [1.54, 1.807) is 0 Å². The van der Waals surface area contributed by atoms with Crippen LogP contribution in [-0.4, -0.2) is 18.1 Å². The molecule has 6 heteroatoms. The Hall–Kier alpha value is -1.82. The molecule has 0 spiro atoms. The van der Waals surface area contributed by atoms with E-state index in [2.05, 4.69) is 0 Å². The largest absolute Gasteiger partial charge is 0.492 e. The van der Waals surface area contributed by atoms with E-state index < -0.39 is 5.54 Å². The van der Waals surface area contributed by atoms with Crippen molar-refractivity contribution in [2.75, 3.05) is 13.2 Å². The molecule has 0 atom stereocenters. The Balaban J connectivity index is 2.38. The first kappa shape index (κ1) is 12.2. The number of fused-ring (bicyclic) bond motifs is 2. The molecule has 1 aromatic carbocycles. The Bertz CT molecular complexity index is 540. The molecule has 0 fully saturated rings. The minimum Gasteiger partial charge on any atom is -0.492 e. The number of nitro benzene ring substituents is 1. The van der Waals surface area contributed by atoms with Gasteiger partial charge in [0.05, 0.1) is 23.7 Å². The van der Waals surface area contributed by atoms with E-state index in [-0.39, 0.29) is 10.6 Å². The third-order valence-corrected chi connectivity index (χ3v) is 3.60. The Labute approximate surface area is 110 Å². The van der Waals surface area contributed by atoms with Crippen molar-refractivity contribution in [3.8, 4) is 11.5 Å². The van der Waals surface area contributed by atoms with Crippen molar-refractivity contribution < 1.29 is 14.4 Å². The van der Waals surface area contributed by atoms with Crippen LogP contribution in [0.4, 0.5) is 5.69 Å². The van der Waals surface area contributed by atoms with Gasteiger partial charge in [-0.2, -0.15) is 0 Å². The summed E-state index contributed by atoms with van der Waals surface area (Å²) in [4.78, 5) is 11.0. The zero-order valence-electron chi connectivity index (χ0n) is 11.0. The van der Waals surface area contributed by atoms with Crippen molar-refractivity contribution in [1.82, 2.24) is 0 Å². The van der Waals surface area contributed by atoms with Crippen molar-refractivity contribution in [2.24, 2.45) is 5.73 Å². The molecule has 2 heterocycles. The van der Waals surface area contributed by atoms with Gasteiger partial charge in [-0.15, -0.1) is 0 Å². The van der Waals surface area contributed by atoms with E-state index >= 15 is 0 Å². The van der Waals surface area contributed by atoms with Crippen molar-refractivity contribution in [3.05, 3.63) is 26.8 Å². The fraction of sp³-hybridized carbons (Fsp3) is 0.538. The second-order valence-corrected chi connectivity index (χ2v) is 5.51. The molecule has 0 radical (unpaired) electrons. The summed E-state index contributed by atoms with van der Waals surface area (Å²) in [6.45, 7) is 4.69. The number of nitro groups is 1. The summed E-state index contributed by atoms with van der Waals surface area (Å²) in [5.41, 5.74) is 7.99. The van der Waals surface area contributed by atoms with E-state index in [1.807, 2.05) is 13.8 Å². The SMILES string of the molecule is CC(C)(N)c1c2c(c([N+](=O)[O-])c3c1OCC3)OCC2. The Morgan fingerprint density at radius 1 is 1.16 bits per heavy atom. The standard InChI is InChI=1S/C13H16N2O4/c1-13(2,14)9-7-3-5-19-12(7)10(15(16)17)8-4-6-18-11(8)9/h3-6,14H2,1-2H3. The third kappa shape index (κ3) is 1.67. The first-order valence-corrected chi connectivity index (χ1v) is 6.32. The number of benzene rings is 1. The van der Waals surface area contributed by atoms with E-state index in [4.69, 9.17) is 15.2 Å². The molecule has 0 aromatic heterocycles. The number of nitrogens with two attached hydrogens (primary N) is 1. The maximum absolute atomic E-state index is 11.3. The average molecular weight is 264 g/mol. The number of hydrogen-bond donors (Lipinski definition) is 1. The quantitative estimate of drug-likeness (QED) is 0.648. The highest BCUT2D eigenvalue weighted by Crippen LogP contribution is 2.51. The highest BCUT2D eigenvalue weighted by atomic mass is 16.6. The molecular formula is C13H16N2O4. The summed E-state index contributed by atoms with van der Waals surface area (Å²) in [5.74, 6) is 0.992. The minimum absolute atomic E-state index is 0.0630. The topological polar surface area (TPSA) is 87.6 Å². The first-order valence-electron chi connectivity index (χ1n) is 6.32. The van der Waals surface area contributed by atoms with Crippen LogP contribution in [-0.2, 0) is 18.4 Å². The molecule has 102 valence electrons. The molecule has 19 heavy (non-hydrogen) atoms. The van der Waals surface area contributed by atoms with Gasteiger partial charge in [-0.05, 0) is 13.8 Å². The molecule has 0 aliphatic carbocycles. The van der Waals surface area contributed by atoms with E-state index in [0.717, 1.165) is 11.1 Å². The van der Waals surface area contributed by atoms with Crippen LogP contribution in [0.3, 0.4) is 0 Å².